The highest BCUT2D eigenvalue weighted by Gasteiger charge is 2.31. The number of hydrogen-bond donors (Lipinski definition) is 0. The minimum atomic E-state index is -3.61. The fraction of sp³-hybridized carbons (Fsp3) is 0. The molecule has 6 rings (SSSR count). The molecule has 1 aromatic heterocycles. The highest BCUT2D eigenvalue weighted by molar-refractivity contribution is 7.91. The van der Waals surface area contributed by atoms with Crippen molar-refractivity contribution in [3.05, 3.63) is 91.0 Å². The lowest BCUT2D eigenvalue weighted by molar-refractivity contribution is 0.443. The number of benzene rings is 4. The molecule has 0 radical (unpaired) electrons. The van der Waals surface area contributed by atoms with Gasteiger partial charge in [0.15, 0.2) is 0 Å². The van der Waals surface area contributed by atoms with Gasteiger partial charge < -0.3 is 9.30 Å². The minimum Gasteiger partial charge on any atom is -0.455 e. The molecule has 0 bridgehead atoms. The fourth-order valence-electron chi connectivity index (χ4n) is 4.13. The lowest BCUT2D eigenvalue weighted by atomic mass is 10.2. The molecular formula is C24H15NO3S. The van der Waals surface area contributed by atoms with E-state index in [9.17, 15) is 8.42 Å². The average Bonchev–Trinajstić information content (AvgIpc) is 3.08. The van der Waals surface area contributed by atoms with E-state index in [1.54, 1.807) is 30.3 Å². The molecule has 2 heterocycles. The summed E-state index contributed by atoms with van der Waals surface area (Å²) in [7, 11) is -3.61. The fourth-order valence-corrected chi connectivity index (χ4v) is 5.61. The Bertz CT molecular complexity index is 1490. The van der Waals surface area contributed by atoms with Crippen LogP contribution in [0.5, 0.6) is 11.5 Å². The molecule has 1 aliphatic heterocycles. The SMILES string of the molecule is O=S1(=O)c2ccccc2Oc2cc(-n3c4ccccc4c4ccccc43)ccc21. The Kier molecular flexibility index (Phi) is 3.23. The molecule has 0 spiro atoms. The summed E-state index contributed by atoms with van der Waals surface area (Å²) in [6.45, 7) is 0. The van der Waals surface area contributed by atoms with E-state index in [2.05, 4.69) is 28.8 Å². The van der Waals surface area contributed by atoms with Crippen LogP contribution >= 0.6 is 0 Å². The van der Waals surface area contributed by atoms with E-state index in [-0.39, 0.29) is 9.79 Å². The van der Waals surface area contributed by atoms with Gasteiger partial charge in [0.05, 0.1) is 11.0 Å². The summed E-state index contributed by atoms with van der Waals surface area (Å²) in [4.78, 5) is 0.401. The summed E-state index contributed by atoms with van der Waals surface area (Å²) in [6.07, 6.45) is 0. The van der Waals surface area contributed by atoms with Crippen molar-refractivity contribution in [2.75, 3.05) is 0 Å². The molecule has 29 heavy (non-hydrogen) atoms. The Hall–Kier alpha value is -3.57. The number of para-hydroxylation sites is 3. The third kappa shape index (κ3) is 2.22. The zero-order valence-corrected chi connectivity index (χ0v) is 16.1. The van der Waals surface area contributed by atoms with Crippen LogP contribution in [0.4, 0.5) is 0 Å². The number of ether oxygens (including phenoxy) is 1. The van der Waals surface area contributed by atoms with Gasteiger partial charge in [0.2, 0.25) is 9.84 Å². The van der Waals surface area contributed by atoms with E-state index in [0.29, 0.717) is 11.5 Å². The van der Waals surface area contributed by atoms with Gasteiger partial charge in [-0.2, -0.15) is 0 Å². The van der Waals surface area contributed by atoms with Crippen molar-refractivity contribution in [3.63, 3.8) is 0 Å². The number of sulfone groups is 1. The van der Waals surface area contributed by atoms with Crippen molar-refractivity contribution >= 4 is 31.6 Å². The quantitative estimate of drug-likeness (QED) is 0.356. The van der Waals surface area contributed by atoms with Crippen molar-refractivity contribution < 1.29 is 13.2 Å². The Morgan fingerprint density at radius 3 is 1.93 bits per heavy atom. The van der Waals surface area contributed by atoms with Gasteiger partial charge >= 0.3 is 0 Å². The highest BCUT2D eigenvalue weighted by Crippen LogP contribution is 2.43. The normalized spacial score (nSPS) is 14.3. The number of hydrogen-bond acceptors (Lipinski definition) is 3. The first kappa shape index (κ1) is 16.4. The first-order chi connectivity index (χ1) is 14.1. The summed E-state index contributed by atoms with van der Waals surface area (Å²) in [5.74, 6) is 0.711. The third-order valence-corrected chi connectivity index (χ3v) is 7.25. The molecule has 0 saturated heterocycles. The average molecular weight is 397 g/mol. The highest BCUT2D eigenvalue weighted by atomic mass is 32.2. The molecule has 0 amide bonds. The maximum absolute atomic E-state index is 13.0. The monoisotopic (exact) mass is 397 g/mol. The lowest BCUT2D eigenvalue weighted by Crippen LogP contribution is -2.11. The molecule has 0 aliphatic carbocycles. The van der Waals surface area contributed by atoms with E-state index >= 15 is 0 Å². The maximum Gasteiger partial charge on any atom is 0.213 e. The first-order valence-electron chi connectivity index (χ1n) is 9.29. The molecule has 5 aromatic rings. The zero-order valence-electron chi connectivity index (χ0n) is 15.2. The topological polar surface area (TPSA) is 48.3 Å². The molecular weight excluding hydrogens is 382 g/mol. The molecule has 5 heteroatoms. The maximum atomic E-state index is 13.0. The largest absolute Gasteiger partial charge is 0.455 e. The number of aromatic nitrogens is 1. The molecule has 1 aliphatic rings. The van der Waals surface area contributed by atoms with E-state index in [1.807, 2.05) is 36.4 Å². The third-order valence-electron chi connectivity index (χ3n) is 5.41. The second kappa shape index (κ2) is 5.72. The van der Waals surface area contributed by atoms with Crippen molar-refractivity contribution in [1.82, 2.24) is 4.57 Å². The van der Waals surface area contributed by atoms with Crippen molar-refractivity contribution in [3.8, 4) is 17.2 Å². The number of nitrogens with zero attached hydrogens (tertiary/aromatic N) is 1. The van der Waals surface area contributed by atoms with Crippen LogP contribution in [0.25, 0.3) is 27.5 Å². The van der Waals surface area contributed by atoms with E-state index < -0.39 is 9.84 Å². The molecule has 4 aromatic carbocycles. The molecule has 4 nitrogen and oxygen atoms in total. The zero-order chi connectivity index (χ0) is 19.6. The number of fused-ring (bicyclic) bond motifs is 5. The van der Waals surface area contributed by atoms with Crippen LogP contribution in [0.2, 0.25) is 0 Å². The van der Waals surface area contributed by atoms with Crippen LogP contribution in [0.15, 0.2) is 101 Å². The van der Waals surface area contributed by atoms with Crippen LogP contribution in [0.3, 0.4) is 0 Å². The van der Waals surface area contributed by atoms with Gasteiger partial charge in [-0.05, 0) is 36.4 Å². The predicted octanol–water partition coefficient (Wildman–Crippen LogP) is 5.72. The number of rotatable bonds is 1. The predicted molar refractivity (Wildman–Crippen MR) is 113 cm³/mol. The lowest BCUT2D eigenvalue weighted by Gasteiger charge is -2.21. The van der Waals surface area contributed by atoms with Crippen molar-refractivity contribution in [1.29, 1.82) is 0 Å². The minimum absolute atomic E-state index is 0.195. The summed E-state index contributed by atoms with van der Waals surface area (Å²) < 4.78 is 34.2. The second-order valence-corrected chi connectivity index (χ2v) is 8.94. The van der Waals surface area contributed by atoms with Crippen molar-refractivity contribution in [2.45, 2.75) is 9.79 Å². The molecule has 0 atom stereocenters. The van der Waals surface area contributed by atoms with Gasteiger partial charge in [0.25, 0.3) is 0 Å². The second-order valence-electron chi connectivity index (χ2n) is 7.05. The van der Waals surface area contributed by atoms with Gasteiger partial charge in [-0.3, -0.25) is 0 Å². The van der Waals surface area contributed by atoms with Crippen LogP contribution in [-0.2, 0) is 9.84 Å². The van der Waals surface area contributed by atoms with Crippen LogP contribution < -0.4 is 4.74 Å². The molecule has 0 fully saturated rings. The van der Waals surface area contributed by atoms with E-state index in [0.717, 1.165) is 27.5 Å². The van der Waals surface area contributed by atoms with Gasteiger partial charge in [0.1, 0.15) is 21.3 Å². The Morgan fingerprint density at radius 1 is 0.621 bits per heavy atom. The first-order valence-corrected chi connectivity index (χ1v) is 10.8. The van der Waals surface area contributed by atoms with Crippen LogP contribution in [0, 0.1) is 0 Å². The van der Waals surface area contributed by atoms with Gasteiger partial charge in [-0.1, -0.05) is 48.5 Å². The summed E-state index contributed by atoms with van der Waals surface area (Å²) in [5, 5.41) is 2.31. The molecule has 140 valence electrons. The van der Waals surface area contributed by atoms with Crippen LogP contribution in [0.1, 0.15) is 0 Å². The van der Waals surface area contributed by atoms with Crippen molar-refractivity contribution in [2.24, 2.45) is 0 Å². The summed E-state index contributed by atoms with van der Waals surface area (Å²) >= 11 is 0. The van der Waals surface area contributed by atoms with Gasteiger partial charge in [-0.15, -0.1) is 0 Å². The molecule has 0 unspecified atom stereocenters. The molecule has 0 N–H and O–H groups in total. The Labute approximate surface area is 167 Å². The Morgan fingerprint density at radius 2 is 1.21 bits per heavy atom. The Balaban J connectivity index is 1.64. The van der Waals surface area contributed by atoms with Gasteiger partial charge in [0, 0.05) is 22.5 Å². The van der Waals surface area contributed by atoms with E-state index in [1.165, 1.54) is 0 Å². The standard InChI is InChI=1S/C24H15NO3S/c26-29(27)23-12-6-5-11-21(23)28-22-15-16(13-14-24(22)29)25-19-9-3-1-7-17(19)18-8-2-4-10-20(18)25/h1-15H. The summed E-state index contributed by atoms with van der Waals surface area (Å²) in [6, 6.07) is 28.4. The smallest absolute Gasteiger partial charge is 0.213 e. The molecule has 0 saturated carbocycles. The van der Waals surface area contributed by atoms with E-state index in [4.69, 9.17) is 4.74 Å². The van der Waals surface area contributed by atoms with Gasteiger partial charge in [-0.25, -0.2) is 8.42 Å². The summed E-state index contributed by atoms with van der Waals surface area (Å²) in [5.41, 5.74) is 2.98. The van der Waals surface area contributed by atoms with Crippen LogP contribution in [-0.4, -0.2) is 13.0 Å².